The van der Waals surface area contributed by atoms with Gasteiger partial charge in [0.15, 0.2) is 11.6 Å². The lowest BCUT2D eigenvalue weighted by atomic mass is 9.99. The Labute approximate surface area is 186 Å². The fourth-order valence-electron chi connectivity index (χ4n) is 3.12. The van der Waals surface area contributed by atoms with Gasteiger partial charge in [-0.15, -0.1) is 0 Å². The quantitative estimate of drug-likeness (QED) is 0.308. The number of imidazole rings is 2. The minimum atomic E-state index is -0.738. The molecule has 0 radical (unpaired) electrons. The molecule has 0 aliphatic rings. The summed E-state index contributed by atoms with van der Waals surface area (Å²) in [5, 5.41) is 0. The van der Waals surface area contributed by atoms with E-state index in [2.05, 4.69) is 9.97 Å². The van der Waals surface area contributed by atoms with Crippen molar-refractivity contribution in [3.05, 3.63) is 109 Å². The highest BCUT2D eigenvalue weighted by Crippen LogP contribution is 2.13. The van der Waals surface area contributed by atoms with Crippen LogP contribution in [-0.4, -0.2) is 30.7 Å². The fourth-order valence-corrected chi connectivity index (χ4v) is 3.12. The molecule has 4 rings (SSSR count). The van der Waals surface area contributed by atoms with Gasteiger partial charge < -0.3 is 9.13 Å². The molecule has 6 heteroatoms. The van der Waals surface area contributed by atoms with Gasteiger partial charge in [0.25, 0.3) is 0 Å². The molecule has 0 saturated carbocycles. The summed E-state index contributed by atoms with van der Waals surface area (Å²) >= 11 is 0. The summed E-state index contributed by atoms with van der Waals surface area (Å²) in [6, 6.07) is 15.4. The summed E-state index contributed by atoms with van der Waals surface area (Å²) in [7, 11) is 0. The first-order valence-corrected chi connectivity index (χ1v) is 10.2. The van der Waals surface area contributed by atoms with Crippen LogP contribution in [0.3, 0.4) is 0 Å². The van der Waals surface area contributed by atoms with E-state index in [0.717, 1.165) is 22.5 Å². The highest BCUT2D eigenvalue weighted by Gasteiger charge is 2.16. The van der Waals surface area contributed by atoms with Crippen LogP contribution in [0.5, 0.6) is 0 Å². The minimum Gasteiger partial charge on any atom is -0.306 e. The first-order valence-electron chi connectivity index (χ1n) is 10.2. The molecule has 0 aliphatic carbocycles. The largest absolute Gasteiger partial charge is 0.306 e. The van der Waals surface area contributed by atoms with E-state index in [1.807, 2.05) is 70.1 Å². The van der Waals surface area contributed by atoms with Gasteiger partial charge in [0.2, 0.25) is 0 Å². The molecule has 0 N–H and O–H groups in total. The molecule has 0 amide bonds. The van der Waals surface area contributed by atoms with Crippen molar-refractivity contribution in [3.63, 3.8) is 0 Å². The number of nitrogens with zero attached hydrogens (tertiary/aromatic N) is 4. The molecule has 2 aromatic heterocycles. The zero-order chi connectivity index (χ0) is 22.3. The van der Waals surface area contributed by atoms with Crippen LogP contribution < -0.4 is 0 Å². The Balaban J connectivity index is 1.34. The second-order valence-electron chi connectivity index (χ2n) is 7.32. The number of allylic oxidation sites excluding steroid dienone is 2. The van der Waals surface area contributed by atoms with Crippen molar-refractivity contribution in [3.8, 4) is 11.4 Å². The zero-order valence-electron chi connectivity index (χ0n) is 17.6. The van der Waals surface area contributed by atoms with E-state index in [9.17, 15) is 9.59 Å². The number of rotatable bonds is 8. The number of hydrogen-bond acceptors (Lipinski definition) is 4. The van der Waals surface area contributed by atoms with Gasteiger partial charge in [-0.3, -0.25) is 9.59 Å². The number of ketones is 2. The van der Waals surface area contributed by atoms with Crippen molar-refractivity contribution >= 4 is 23.7 Å². The topological polar surface area (TPSA) is 69.8 Å². The van der Waals surface area contributed by atoms with Crippen LogP contribution in [0.15, 0.2) is 98.1 Å². The van der Waals surface area contributed by atoms with E-state index >= 15 is 0 Å². The average molecular weight is 422 g/mol. The third kappa shape index (κ3) is 5.05. The SMILES string of the molecule is CC(C(=O)/C=C/c1ccc(-n2ccnc2)cc1)C(=O)/C=C/c1ccc(-n2ccnc2)cc1. The van der Waals surface area contributed by atoms with Gasteiger partial charge in [0.05, 0.1) is 18.6 Å². The van der Waals surface area contributed by atoms with E-state index in [1.165, 1.54) is 12.2 Å². The number of aromatic nitrogens is 4. The van der Waals surface area contributed by atoms with Crippen LogP contribution in [0.1, 0.15) is 18.1 Å². The second-order valence-corrected chi connectivity index (χ2v) is 7.32. The van der Waals surface area contributed by atoms with Crippen LogP contribution >= 0.6 is 0 Å². The van der Waals surface area contributed by atoms with Gasteiger partial charge in [0, 0.05) is 36.2 Å². The van der Waals surface area contributed by atoms with Crippen molar-refractivity contribution in [2.45, 2.75) is 6.92 Å². The lowest BCUT2D eigenvalue weighted by Crippen LogP contribution is -2.17. The number of hydrogen-bond donors (Lipinski definition) is 0. The fraction of sp³-hybridized carbons (Fsp3) is 0.0769. The van der Waals surface area contributed by atoms with Crippen molar-refractivity contribution in [2.75, 3.05) is 0 Å². The molecule has 0 fully saturated rings. The molecule has 0 spiro atoms. The third-order valence-electron chi connectivity index (χ3n) is 5.12. The first-order chi connectivity index (χ1) is 15.6. The molecule has 158 valence electrons. The zero-order valence-corrected chi connectivity index (χ0v) is 17.6. The molecule has 0 saturated heterocycles. The van der Waals surface area contributed by atoms with E-state index in [1.54, 1.807) is 44.1 Å². The monoisotopic (exact) mass is 422 g/mol. The number of benzene rings is 2. The Morgan fingerprint density at radius 1 is 0.719 bits per heavy atom. The maximum Gasteiger partial charge on any atom is 0.166 e. The molecule has 2 aromatic carbocycles. The molecule has 2 heterocycles. The third-order valence-corrected chi connectivity index (χ3v) is 5.12. The van der Waals surface area contributed by atoms with Crippen LogP contribution in [0.25, 0.3) is 23.5 Å². The lowest BCUT2D eigenvalue weighted by Gasteiger charge is -2.04. The normalized spacial score (nSPS) is 11.6. The minimum absolute atomic E-state index is 0.228. The standard InChI is InChI=1S/C26H22N4O2/c1-20(25(31)12-6-21-2-8-23(9-3-21)29-16-14-27-18-29)26(32)13-7-22-4-10-24(11-5-22)30-17-15-28-19-30/h2-20H,1H3/b12-6+,13-7+. The van der Waals surface area contributed by atoms with Crippen molar-refractivity contribution < 1.29 is 9.59 Å². The molecule has 4 aromatic rings. The Kier molecular flexibility index (Phi) is 6.32. The van der Waals surface area contributed by atoms with Crippen molar-refractivity contribution in [1.82, 2.24) is 19.1 Å². The summed E-state index contributed by atoms with van der Waals surface area (Å²) in [6.07, 6.45) is 17.0. The van der Waals surface area contributed by atoms with Crippen LogP contribution in [-0.2, 0) is 9.59 Å². The maximum atomic E-state index is 12.4. The van der Waals surface area contributed by atoms with Gasteiger partial charge >= 0.3 is 0 Å². The van der Waals surface area contributed by atoms with Gasteiger partial charge in [0.1, 0.15) is 0 Å². The highest BCUT2D eigenvalue weighted by atomic mass is 16.1. The van der Waals surface area contributed by atoms with E-state index in [4.69, 9.17) is 0 Å². The highest BCUT2D eigenvalue weighted by molar-refractivity contribution is 6.13. The molecular formula is C26H22N4O2. The Morgan fingerprint density at radius 3 is 1.47 bits per heavy atom. The summed E-state index contributed by atoms with van der Waals surface area (Å²) in [5.41, 5.74) is 3.74. The second kappa shape index (κ2) is 9.66. The Morgan fingerprint density at radius 2 is 1.12 bits per heavy atom. The number of carbonyl (C=O) groups is 2. The first kappa shape index (κ1) is 20.9. The summed E-state index contributed by atoms with van der Waals surface area (Å²) < 4.78 is 3.80. The molecule has 0 aliphatic heterocycles. The van der Waals surface area contributed by atoms with Crippen LogP contribution in [0, 0.1) is 5.92 Å². The maximum absolute atomic E-state index is 12.4. The summed E-state index contributed by atoms with van der Waals surface area (Å²) in [4.78, 5) is 32.9. The smallest absolute Gasteiger partial charge is 0.166 e. The van der Waals surface area contributed by atoms with Gasteiger partial charge in [-0.25, -0.2) is 9.97 Å². The van der Waals surface area contributed by atoms with Crippen LogP contribution in [0.4, 0.5) is 0 Å². The van der Waals surface area contributed by atoms with Gasteiger partial charge in [-0.2, -0.15) is 0 Å². The molecule has 0 unspecified atom stereocenters. The summed E-state index contributed by atoms with van der Waals surface area (Å²) in [5.74, 6) is -1.19. The number of carbonyl (C=O) groups excluding carboxylic acids is 2. The van der Waals surface area contributed by atoms with E-state index < -0.39 is 5.92 Å². The molecule has 0 bridgehead atoms. The van der Waals surface area contributed by atoms with E-state index in [0.29, 0.717) is 0 Å². The molecule has 32 heavy (non-hydrogen) atoms. The van der Waals surface area contributed by atoms with Crippen LogP contribution in [0.2, 0.25) is 0 Å². The van der Waals surface area contributed by atoms with Gasteiger partial charge in [-0.1, -0.05) is 36.4 Å². The van der Waals surface area contributed by atoms with Crippen molar-refractivity contribution in [2.24, 2.45) is 5.92 Å². The van der Waals surface area contributed by atoms with Gasteiger partial charge in [-0.05, 0) is 54.5 Å². The van der Waals surface area contributed by atoms with E-state index in [-0.39, 0.29) is 11.6 Å². The molecule has 6 nitrogen and oxygen atoms in total. The van der Waals surface area contributed by atoms with Crippen molar-refractivity contribution in [1.29, 1.82) is 0 Å². The average Bonchev–Trinajstić information content (AvgIpc) is 3.56. The summed E-state index contributed by atoms with van der Waals surface area (Å²) in [6.45, 7) is 1.63. The predicted molar refractivity (Wildman–Crippen MR) is 124 cm³/mol. The Bertz CT molecular complexity index is 1130. The predicted octanol–water partition coefficient (Wildman–Crippen LogP) is 4.56. The molecule has 0 atom stereocenters. The lowest BCUT2D eigenvalue weighted by molar-refractivity contribution is -0.126. The molecular weight excluding hydrogens is 400 g/mol. The Hall–Kier alpha value is -4.32.